The van der Waals surface area contributed by atoms with E-state index in [9.17, 15) is 14.7 Å². The van der Waals surface area contributed by atoms with Crippen LogP contribution in [0.25, 0.3) is 0 Å². The number of benzene rings is 2. The summed E-state index contributed by atoms with van der Waals surface area (Å²) < 4.78 is 11.5. The van der Waals surface area contributed by atoms with Crippen LogP contribution in [0.5, 0.6) is 11.5 Å². The van der Waals surface area contributed by atoms with Gasteiger partial charge in [0.05, 0.1) is 13.0 Å². The summed E-state index contributed by atoms with van der Waals surface area (Å²) in [6.07, 6.45) is 5.75. The number of unbranched alkanes of at least 4 members (excludes halogenated alkanes) is 2. The number of esters is 1. The summed E-state index contributed by atoms with van der Waals surface area (Å²) in [6.45, 7) is 6.26. The van der Waals surface area contributed by atoms with Gasteiger partial charge in [0.15, 0.2) is 0 Å². The molecule has 172 valence electrons. The van der Waals surface area contributed by atoms with Crippen molar-refractivity contribution >= 4 is 11.9 Å². The molecular weight excluding hydrogens is 404 g/mol. The second-order valence-corrected chi connectivity index (χ2v) is 9.57. The lowest BCUT2D eigenvalue weighted by Gasteiger charge is -2.37. The topological polar surface area (TPSA) is 72.8 Å². The van der Waals surface area contributed by atoms with E-state index in [0.29, 0.717) is 18.1 Å². The van der Waals surface area contributed by atoms with Crippen LogP contribution in [-0.4, -0.2) is 23.7 Å². The van der Waals surface area contributed by atoms with Gasteiger partial charge in [0, 0.05) is 18.6 Å². The van der Waals surface area contributed by atoms with Gasteiger partial charge in [0.25, 0.3) is 0 Å². The van der Waals surface area contributed by atoms with Crippen LogP contribution in [0.3, 0.4) is 0 Å². The first-order valence-corrected chi connectivity index (χ1v) is 11.5. The number of aliphatic carboxylic acids is 1. The Kier molecular flexibility index (Phi) is 7.94. The monoisotopic (exact) mass is 438 g/mol. The molecule has 3 rings (SSSR count). The highest BCUT2D eigenvalue weighted by atomic mass is 16.5. The molecule has 0 fully saturated rings. The van der Waals surface area contributed by atoms with Gasteiger partial charge in [-0.3, -0.25) is 9.59 Å². The lowest BCUT2D eigenvalue weighted by molar-refractivity contribution is -0.137. The maximum atomic E-state index is 11.7. The van der Waals surface area contributed by atoms with Crippen molar-refractivity contribution in [1.82, 2.24) is 0 Å². The Balaban J connectivity index is 1.67. The van der Waals surface area contributed by atoms with Crippen molar-refractivity contribution in [3.63, 3.8) is 0 Å². The van der Waals surface area contributed by atoms with E-state index in [1.807, 2.05) is 12.1 Å². The zero-order valence-electron chi connectivity index (χ0n) is 19.4. The first kappa shape index (κ1) is 23.8. The highest BCUT2D eigenvalue weighted by Crippen LogP contribution is 2.48. The van der Waals surface area contributed by atoms with E-state index in [0.717, 1.165) is 49.7 Å². The van der Waals surface area contributed by atoms with Crippen LogP contribution in [0, 0.1) is 5.41 Å². The Hall–Kier alpha value is -2.82. The molecule has 0 saturated carbocycles. The molecule has 0 spiro atoms. The Morgan fingerprint density at radius 3 is 2.53 bits per heavy atom. The first-order valence-electron chi connectivity index (χ1n) is 11.5. The molecule has 2 aromatic carbocycles. The summed E-state index contributed by atoms with van der Waals surface area (Å²) in [5, 5.41) is 9.42. The number of hydrogen-bond donors (Lipinski definition) is 1. The standard InChI is InChI=1S/C27H34O5/c1-19(28)32-24-16-23(31-13-9-5-8-12-20-10-6-4-7-11-20)14-21-17-27(2,3)18-22(26(21)24)15-25(29)30/h4,6-7,10-11,14,16,22H,5,8-9,12-13,15,17-18H2,1-3H3,(H,29,30). The second-order valence-electron chi connectivity index (χ2n) is 9.57. The van der Waals surface area contributed by atoms with Crippen LogP contribution >= 0.6 is 0 Å². The minimum Gasteiger partial charge on any atom is -0.493 e. The molecule has 32 heavy (non-hydrogen) atoms. The van der Waals surface area contributed by atoms with Crippen molar-refractivity contribution in [1.29, 1.82) is 0 Å². The van der Waals surface area contributed by atoms with E-state index in [-0.39, 0.29) is 17.8 Å². The third-order valence-electron chi connectivity index (χ3n) is 5.97. The maximum absolute atomic E-state index is 11.7. The third kappa shape index (κ3) is 6.84. The Bertz CT molecular complexity index is 933. The number of carboxylic acid groups (broad SMARTS) is 1. The summed E-state index contributed by atoms with van der Waals surface area (Å²) >= 11 is 0. The molecule has 1 N–H and O–H groups in total. The number of aryl methyl sites for hydroxylation is 1. The van der Waals surface area contributed by atoms with Gasteiger partial charge in [-0.1, -0.05) is 44.2 Å². The molecular formula is C27H34O5. The van der Waals surface area contributed by atoms with Gasteiger partial charge in [-0.2, -0.15) is 0 Å². The number of hydrogen-bond acceptors (Lipinski definition) is 4. The molecule has 0 radical (unpaired) electrons. The Labute approximate surface area is 190 Å². The lowest BCUT2D eigenvalue weighted by atomic mass is 9.68. The minimum atomic E-state index is -0.844. The van der Waals surface area contributed by atoms with Crippen molar-refractivity contribution < 1.29 is 24.2 Å². The van der Waals surface area contributed by atoms with Gasteiger partial charge in [0.2, 0.25) is 0 Å². The largest absolute Gasteiger partial charge is 0.493 e. The second kappa shape index (κ2) is 10.7. The first-order chi connectivity index (χ1) is 15.2. The van der Waals surface area contributed by atoms with E-state index < -0.39 is 11.9 Å². The summed E-state index contributed by atoms with van der Waals surface area (Å²) in [5.74, 6) is -0.328. The van der Waals surface area contributed by atoms with Crippen molar-refractivity contribution in [3.05, 3.63) is 59.2 Å². The van der Waals surface area contributed by atoms with Gasteiger partial charge in [-0.05, 0) is 67.1 Å². The lowest BCUT2D eigenvalue weighted by Crippen LogP contribution is -2.28. The molecule has 0 saturated heterocycles. The fourth-order valence-electron chi connectivity index (χ4n) is 4.77. The van der Waals surface area contributed by atoms with Crippen LogP contribution in [0.15, 0.2) is 42.5 Å². The molecule has 0 aromatic heterocycles. The number of fused-ring (bicyclic) bond motifs is 1. The van der Waals surface area contributed by atoms with Gasteiger partial charge in [-0.25, -0.2) is 0 Å². The minimum absolute atomic E-state index is 0.0202. The summed E-state index contributed by atoms with van der Waals surface area (Å²) in [5.41, 5.74) is 3.19. The van der Waals surface area contributed by atoms with Crippen molar-refractivity contribution in [2.24, 2.45) is 5.41 Å². The van der Waals surface area contributed by atoms with E-state index in [1.54, 1.807) is 6.07 Å². The molecule has 0 heterocycles. The van der Waals surface area contributed by atoms with E-state index in [1.165, 1.54) is 12.5 Å². The van der Waals surface area contributed by atoms with Gasteiger partial charge >= 0.3 is 11.9 Å². The number of carboxylic acids is 1. The quantitative estimate of drug-likeness (QED) is 0.283. The van der Waals surface area contributed by atoms with Crippen LogP contribution in [0.2, 0.25) is 0 Å². The van der Waals surface area contributed by atoms with Crippen molar-refractivity contribution in [3.8, 4) is 11.5 Å². The van der Waals surface area contributed by atoms with E-state index in [4.69, 9.17) is 9.47 Å². The fraction of sp³-hybridized carbons (Fsp3) is 0.481. The normalized spacial score (nSPS) is 16.8. The van der Waals surface area contributed by atoms with Crippen LogP contribution in [-0.2, 0) is 22.4 Å². The molecule has 1 aliphatic carbocycles. The van der Waals surface area contributed by atoms with Gasteiger partial charge in [-0.15, -0.1) is 0 Å². The zero-order chi connectivity index (χ0) is 23.1. The number of rotatable bonds is 10. The van der Waals surface area contributed by atoms with Gasteiger partial charge < -0.3 is 14.6 Å². The molecule has 0 bridgehead atoms. The summed E-state index contributed by atoms with van der Waals surface area (Å²) in [4.78, 5) is 23.2. The number of ether oxygens (including phenoxy) is 2. The molecule has 2 aromatic rings. The van der Waals surface area contributed by atoms with Crippen LogP contribution < -0.4 is 9.47 Å². The van der Waals surface area contributed by atoms with Gasteiger partial charge in [0.1, 0.15) is 11.5 Å². The Morgan fingerprint density at radius 2 is 1.84 bits per heavy atom. The smallest absolute Gasteiger partial charge is 0.308 e. The molecule has 5 heteroatoms. The molecule has 1 atom stereocenters. The van der Waals surface area contributed by atoms with Crippen molar-refractivity contribution in [2.45, 2.75) is 71.6 Å². The number of carbonyl (C=O) groups is 2. The van der Waals surface area contributed by atoms with Crippen LogP contribution in [0.4, 0.5) is 0 Å². The fourth-order valence-corrected chi connectivity index (χ4v) is 4.77. The third-order valence-corrected chi connectivity index (χ3v) is 5.97. The highest BCUT2D eigenvalue weighted by molar-refractivity contribution is 5.72. The predicted octanol–water partition coefficient (Wildman–Crippen LogP) is 5.93. The molecule has 0 amide bonds. The summed E-state index contributed by atoms with van der Waals surface area (Å²) in [6, 6.07) is 14.2. The maximum Gasteiger partial charge on any atom is 0.308 e. The van der Waals surface area contributed by atoms with E-state index in [2.05, 4.69) is 38.1 Å². The molecule has 5 nitrogen and oxygen atoms in total. The predicted molar refractivity (Wildman–Crippen MR) is 124 cm³/mol. The number of carbonyl (C=O) groups excluding carboxylic acids is 1. The molecule has 1 aliphatic rings. The highest BCUT2D eigenvalue weighted by Gasteiger charge is 2.36. The molecule has 0 aliphatic heterocycles. The summed E-state index contributed by atoms with van der Waals surface area (Å²) in [7, 11) is 0. The molecule has 1 unspecified atom stereocenters. The SMILES string of the molecule is CC(=O)Oc1cc(OCCCCCc2ccccc2)cc2c1C(CC(=O)O)CC(C)(C)C2. The Morgan fingerprint density at radius 1 is 1.09 bits per heavy atom. The average molecular weight is 439 g/mol. The van der Waals surface area contributed by atoms with Crippen LogP contribution in [0.1, 0.15) is 75.5 Å². The average Bonchev–Trinajstić information content (AvgIpc) is 2.69. The van der Waals surface area contributed by atoms with Crippen molar-refractivity contribution in [2.75, 3.05) is 6.61 Å². The van der Waals surface area contributed by atoms with E-state index >= 15 is 0 Å². The zero-order valence-corrected chi connectivity index (χ0v) is 19.4.